The first kappa shape index (κ1) is 10.0. The van der Waals surface area contributed by atoms with Crippen LogP contribution in [0.15, 0.2) is 28.4 Å². The molecule has 1 aliphatic carbocycles. The fraction of sp³-hybridized carbons (Fsp3) is 0.417. The van der Waals surface area contributed by atoms with Crippen molar-refractivity contribution in [3.63, 3.8) is 0 Å². The van der Waals surface area contributed by atoms with Crippen molar-refractivity contribution in [1.82, 2.24) is 0 Å². The van der Waals surface area contributed by atoms with Gasteiger partial charge in [0.15, 0.2) is 0 Å². The molecule has 0 amide bonds. The lowest BCUT2D eigenvalue weighted by Crippen LogP contribution is -2.09. The van der Waals surface area contributed by atoms with Crippen LogP contribution in [0, 0.1) is 5.41 Å². The smallest absolute Gasteiger partial charge is 0.304 e. The summed E-state index contributed by atoms with van der Waals surface area (Å²) in [5, 5.41) is 8.81. The second-order valence-electron chi connectivity index (χ2n) is 4.19. The van der Waals surface area contributed by atoms with Crippen LogP contribution < -0.4 is 0 Å². The second kappa shape index (κ2) is 3.57. The third kappa shape index (κ3) is 2.12. The fourth-order valence-corrected chi connectivity index (χ4v) is 1.89. The summed E-state index contributed by atoms with van der Waals surface area (Å²) < 4.78 is 5.21. The molecule has 15 heavy (non-hydrogen) atoms. The van der Waals surface area contributed by atoms with E-state index >= 15 is 0 Å². The van der Waals surface area contributed by atoms with Gasteiger partial charge in [0.1, 0.15) is 5.76 Å². The lowest BCUT2D eigenvalue weighted by molar-refractivity contribution is -0.138. The minimum atomic E-state index is -0.723. The molecule has 1 heterocycles. The van der Waals surface area contributed by atoms with Crippen molar-refractivity contribution >= 4 is 12.0 Å². The first-order valence-corrected chi connectivity index (χ1v) is 5.06. The summed E-state index contributed by atoms with van der Waals surface area (Å²) in [4.78, 5) is 10.7. The summed E-state index contributed by atoms with van der Waals surface area (Å²) in [5.74, 6) is 0.0730. The van der Waals surface area contributed by atoms with Gasteiger partial charge in [-0.05, 0) is 38.0 Å². The van der Waals surface area contributed by atoms with Crippen molar-refractivity contribution in [3.8, 4) is 0 Å². The second-order valence-corrected chi connectivity index (χ2v) is 4.19. The van der Waals surface area contributed by atoms with Gasteiger partial charge in [0, 0.05) is 5.41 Å². The molecule has 1 N–H and O–H groups in total. The van der Waals surface area contributed by atoms with Crippen LogP contribution in [0.25, 0.3) is 6.08 Å². The zero-order valence-electron chi connectivity index (χ0n) is 8.69. The van der Waals surface area contributed by atoms with E-state index in [-0.39, 0.29) is 11.8 Å². The van der Waals surface area contributed by atoms with Crippen LogP contribution >= 0.6 is 0 Å². The van der Waals surface area contributed by atoms with Gasteiger partial charge >= 0.3 is 5.97 Å². The molecule has 0 aliphatic heterocycles. The standard InChI is InChI=1S/C12H14O3/c1-9(7-10-3-2-6-15-10)12(4-5-12)8-11(13)14/h2-3,6-7H,4-5,8H2,1H3,(H,13,14)/b9-7+. The molecule has 1 saturated carbocycles. The lowest BCUT2D eigenvalue weighted by Gasteiger charge is -2.12. The van der Waals surface area contributed by atoms with Gasteiger partial charge in [0.2, 0.25) is 0 Å². The van der Waals surface area contributed by atoms with Gasteiger partial charge in [-0.25, -0.2) is 0 Å². The predicted molar refractivity (Wildman–Crippen MR) is 56.3 cm³/mol. The van der Waals surface area contributed by atoms with E-state index in [4.69, 9.17) is 9.52 Å². The molecule has 0 bridgehead atoms. The number of carboxylic acids is 1. The summed E-state index contributed by atoms with van der Waals surface area (Å²) in [6.45, 7) is 1.98. The first-order valence-electron chi connectivity index (χ1n) is 5.06. The molecule has 1 aromatic heterocycles. The van der Waals surface area contributed by atoms with Gasteiger partial charge in [0.05, 0.1) is 12.7 Å². The Hall–Kier alpha value is -1.51. The normalized spacial score (nSPS) is 18.9. The van der Waals surface area contributed by atoms with Crippen LogP contribution in [-0.4, -0.2) is 11.1 Å². The average Bonchev–Trinajstić information content (AvgIpc) is 2.75. The number of aliphatic carboxylic acids is 1. The maximum atomic E-state index is 10.7. The molecule has 0 spiro atoms. The molecule has 1 aliphatic rings. The molecule has 1 fully saturated rings. The summed E-state index contributed by atoms with van der Waals surface area (Å²) in [6.07, 6.45) is 5.74. The number of carbonyl (C=O) groups is 1. The molecule has 0 aromatic carbocycles. The van der Waals surface area contributed by atoms with Crippen molar-refractivity contribution in [2.45, 2.75) is 26.2 Å². The minimum absolute atomic E-state index is 0.0986. The van der Waals surface area contributed by atoms with Crippen LogP contribution in [0.3, 0.4) is 0 Å². The molecule has 0 atom stereocenters. The fourth-order valence-electron chi connectivity index (χ4n) is 1.89. The van der Waals surface area contributed by atoms with Gasteiger partial charge in [-0.3, -0.25) is 4.79 Å². The summed E-state index contributed by atoms with van der Waals surface area (Å²) in [6, 6.07) is 3.70. The predicted octanol–water partition coefficient (Wildman–Crippen LogP) is 2.94. The van der Waals surface area contributed by atoms with E-state index in [9.17, 15) is 4.79 Å². The van der Waals surface area contributed by atoms with E-state index in [0.29, 0.717) is 0 Å². The molecule has 3 nitrogen and oxygen atoms in total. The molecular formula is C12H14O3. The maximum Gasteiger partial charge on any atom is 0.304 e. The Balaban J connectivity index is 2.14. The molecule has 80 valence electrons. The Labute approximate surface area is 88.4 Å². The highest BCUT2D eigenvalue weighted by atomic mass is 16.4. The quantitative estimate of drug-likeness (QED) is 0.823. The summed E-state index contributed by atoms with van der Waals surface area (Å²) >= 11 is 0. The Morgan fingerprint density at radius 1 is 1.67 bits per heavy atom. The topological polar surface area (TPSA) is 50.4 Å². The third-order valence-electron chi connectivity index (χ3n) is 3.08. The number of carboxylic acid groups (broad SMARTS) is 1. The lowest BCUT2D eigenvalue weighted by atomic mass is 9.93. The zero-order chi connectivity index (χ0) is 10.9. The molecule has 1 aromatic rings. The highest BCUT2D eigenvalue weighted by Crippen LogP contribution is 2.54. The monoisotopic (exact) mass is 206 g/mol. The van der Waals surface area contributed by atoms with E-state index in [2.05, 4.69) is 0 Å². The van der Waals surface area contributed by atoms with E-state index in [1.807, 2.05) is 25.1 Å². The highest BCUT2D eigenvalue weighted by Gasteiger charge is 2.45. The zero-order valence-corrected chi connectivity index (χ0v) is 8.69. The number of furan rings is 1. The minimum Gasteiger partial charge on any atom is -0.481 e. The van der Waals surface area contributed by atoms with E-state index in [1.165, 1.54) is 0 Å². The largest absolute Gasteiger partial charge is 0.481 e. The van der Waals surface area contributed by atoms with Crippen LogP contribution in [0.5, 0.6) is 0 Å². The molecule has 0 unspecified atom stereocenters. The van der Waals surface area contributed by atoms with Crippen LogP contribution in [-0.2, 0) is 4.79 Å². The van der Waals surface area contributed by atoms with Crippen molar-refractivity contribution < 1.29 is 14.3 Å². The van der Waals surface area contributed by atoms with Crippen LogP contribution in [0.4, 0.5) is 0 Å². The molecule has 3 heteroatoms. The number of rotatable bonds is 4. The highest BCUT2D eigenvalue weighted by molar-refractivity contribution is 5.70. The number of allylic oxidation sites excluding steroid dienone is 1. The molecule has 2 rings (SSSR count). The molecule has 0 saturated heterocycles. The Kier molecular flexibility index (Phi) is 2.39. The van der Waals surface area contributed by atoms with Gasteiger partial charge < -0.3 is 9.52 Å². The Morgan fingerprint density at radius 3 is 2.87 bits per heavy atom. The van der Waals surface area contributed by atoms with Crippen molar-refractivity contribution in [3.05, 3.63) is 29.7 Å². The van der Waals surface area contributed by atoms with Gasteiger partial charge in [-0.1, -0.05) is 5.57 Å². The molecule has 0 radical (unpaired) electrons. The summed E-state index contributed by atoms with van der Waals surface area (Å²) in [5.41, 5.74) is 1.01. The van der Waals surface area contributed by atoms with E-state index in [1.54, 1.807) is 6.26 Å². The van der Waals surface area contributed by atoms with Gasteiger partial charge in [-0.15, -0.1) is 0 Å². The van der Waals surface area contributed by atoms with E-state index in [0.717, 1.165) is 24.2 Å². The van der Waals surface area contributed by atoms with Crippen LogP contribution in [0.2, 0.25) is 0 Å². The number of hydrogen-bond acceptors (Lipinski definition) is 2. The Morgan fingerprint density at radius 2 is 2.40 bits per heavy atom. The Bertz CT molecular complexity index is 383. The van der Waals surface area contributed by atoms with Crippen molar-refractivity contribution in [2.75, 3.05) is 0 Å². The van der Waals surface area contributed by atoms with Crippen LogP contribution in [0.1, 0.15) is 31.9 Å². The first-order chi connectivity index (χ1) is 7.12. The maximum absolute atomic E-state index is 10.7. The third-order valence-corrected chi connectivity index (χ3v) is 3.08. The van der Waals surface area contributed by atoms with Crippen molar-refractivity contribution in [1.29, 1.82) is 0 Å². The SMILES string of the molecule is C/C(=C\c1ccco1)C1(CC(=O)O)CC1. The molecular weight excluding hydrogens is 192 g/mol. The van der Waals surface area contributed by atoms with Gasteiger partial charge in [0.25, 0.3) is 0 Å². The summed E-state index contributed by atoms with van der Waals surface area (Å²) in [7, 11) is 0. The van der Waals surface area contributed by atoms with E-state index < -0.39 is 5.97 Å². The average molecular weight is 206 g/mol. The van der Waals surface area contributed by atoms with Gasteiger partial charge in [-0.2, -0.15) is 0 Å². The van der Waals surface area contributed by atoms with Crippen molar-refractivity contribution in [2.24, 2.45) is 5.41 Å². The number of hydrogen-bond donors (Lipinski definition) is 1.